The SMILES string of the molecule is CC(=O)CCC(=O)NC(Cc1ccc(C(=O)c2ccccc2)cc1)C(=O)NCCN1C[C@@H](C)C[C@H]2OC3(CC[C@@H]4C(=C3C)C[C@H]3[C@H]4CC=C4C[C@@H](O)CC[C@@]43C)[C@H](C)[C@@H]21. The third-order valence-electron chi connectivity index (χ3n) is 15.8. The Bertz CT molecular complexity index is 1990. The van der Waals surface area contributed by atoms with E-state index in [4.69, 9.17) is 4.74 Å². The van der Waals surface area contributed by atoms with Gasteiger partial charge in [0.15, 0.2) is 5.78 Å². The van der Waals surface area contributed by atoms with Gasteiger partial charge in [0.1, 0.15) is 11.8 Å². The molecule has 11 atom stereocenters. The molecule has 9 nitrogen and oxygen atoms in total. The molecule has 4 fully saturated rings. The number of allylic oxidation sites excluding steroid dienone is 2. The molecule has 6 aliphatic rings. The summed E-state index contributed by atoms with van der Waals surface area (Å²) in [5.41, 5.74) is 6.57. The number of benzene rings is 2. The van der Waals surface area contributed by atoms with Crippen molar-refractivity contribution in [2.75, 3.05) is 19.6 Å². The number of amides is 2. The number of likely N-dealkylation sites (tertiary alicyclic amines) is 1. The monoisotopic (exact) mass is 803 g/mol. The third-order valence-corrected chi connectivity index (χ3v) is 15.8. The van der Waals surface area contributed by atoms with Crippen LogP contribution < -0.4 is 10.6 Å². The van der Waals surface area contributed by atoms with Gasteiger partial charge in [-0.1, -0.05) is 92.6 Å². The average Bonchev–Trinajstić information content (AvgIpc) is 3.75. The fourth-order valence-electron chi connectivity index (χ4n) is 12.7. The number of rotatable bonds is 12. The molecule has 1 spiro atoms. The summed E-state index contributed by atoms with van der Waals surface area (Å²) in [5.74, 6) is 1.98. The fraction of sp³-hybridized carbons (Fsp3) is 0.600. The van der Waals surface area contributed by atoms with Crippen molar-refractivity contribution in [3.05, 3.63) is 94.1 Å². The van der Waals surface area contributed by atoms with Crippen molar-refractivity contribution in [1.82, 2.24) is 15.5 Å². The number of Topliss-reactive ketones (excluding diaryl/α,β-unsaturated/α-hetero) is 1. The first-order chi connectivity index (χ1) is 28.3. The number of ether oxygens (including phenoxy) is 1. The summed E-state index contributed by atoms with van der Waals surface area (Å²) in [6.07, 6.45) is 11.3. The third kappa shape index (κ3) is 8.04. The second kappa shape index (κ2) is 16.9. The van der Waals surface area contributed by atoms with Crippen molar-refractivity contribution in [1.29, 1.82) is 0 Å². The van der Waals surface area contributed by atoms with Gasteiger partial charge in [-0.3, -0.25) is 19.3 Å². The summed E-state index contributed by atoms with van der Waals surface area (Å²) in [4.78, 5) is 54.0. The molecule has 2 unspecified atom stereocenters. The van der Waals surface area contributed by atoms with Crippen LogP contribution in [0.2, 0.25) is 0 Å². The summed E-state index contributed by atoms with van der Waals surface area (Å²) in [5, 5.41) is 16.6. The van der Waals surface area contributed by atoms with Gasteiger partial charge in [0.2, 0.25) is 11.8 Å². The molecular formula is C50H65N3O6. The van der Waals surface area contributed by atoms with Crippen LogP contribution in [0.3, 0.4) is 0 Å². The van der Waals surface area contributed by atoms with Crippen LogP contribution in [0.1, 0.15) is 120 Å². The van der Waals surface area contributed by atoms with Crippen LogP contribution in [0.5, 0.6) is 0 Å². The molecule has 4 aliphatic carbocycles. The lowest BCUT2D eigenvalue weighted by Crippen LogP contribution is -2.55. The van der Waals surface area contributed by atoms with Gasteiger partial charge >= 0.3 is 0 Å². The highest BCUT2D eigenvalue weighted by atomic mass is 16.5. The van der Waals surface area contributed by atoms with E-state index in [1.54, 1.807) is 29.8 Å². The number of fused-ring (bicyclic) bond motifs is 6. The smallest absolute Gasteiger partial charge is 0.242 e. The van der Waals surface area contributed by atoms with Gasteiger partial charge in [0.25, 0.3) is 0 Å². The number of hydrogen-bond donors (Lipinski definition) is 3. The Labute approximate surface area is 350 Å². The highest BCUT2D eigenvalue weighted by Crippen LogP contribution is 2.65. The Hall–Kier alpha value is -3.92. The molecule has 2 amide bonds. The molecule has 2 saturated carbocycles. The van der Waals surface area contributed by atoms with Crippen molar-refractivity contribution < 1.29 is 29.0 Å². The van der Waals surface area contributed by atoms with Gasteiger partial charge in [-0.2, -0.15) is 0 Å². The number of piperidine rings is 1. The molecule has 8 rings (SSSR count). The Morgan fingerprint density at radius 1 is 0.966 bits per heavy atom. The van der Waals surface area contributed by atoms with Crippen LogP contribution in [0, 0.1) is 35.0 Å². The van der Waals surface area contributed by atoms with E-state index in [1.165, 1.54) is 24.5 Å². The first-order valence-electron chi connectivity index (χ1n) is 22.5. The normalized spacial score (nSPS) is 34.2. The fourth-order valence-corrected chi connectivity index (χ4v) is 12.7. The lowest BCUT2D eigenvalue weighted by atomic mass is 9.56. The molecule has 9 heteroatoms. The quantitative estimate of drug-likeness (QED) is 0.154. The second-order valence-corrected chi connectivity index (χ2v) is 19.4. The van der Waals surface area contributed by atoms with Gasteiger partial charge in [0, 0.05) is 62.0 Å². The lowest BCUT2D eigenvalue weighted by Gasteiger charge is -2.49. The van der Waals surface area contributed by atoms with Crippen LogP contribution in [-0.2, 0) is 25.5 Å². The number of nitrogens with zero attached hydrogens (tertiary/aromatic N) is 1. The topological polar surface area (TPSA) is 125 Å². The number of aliphatic hydroxyl groups is 1. The Morgan fingerprint density at radius 2 is 1.71 bits per heavy atom. The van der Waals surface area contributed by atoms with Crippen LogP contribution in [-0.4, -0.2) is 82.9 Å². The number of nitrogens with one attached hydrogen (secondary N) is 2. The molecule has 0 aromatic heterocycles. The number of ketones is 2. The van der Waals surface area contributed by atoms with Crippen molar-refractivity contribution in [2.45, 2.75) is 135 Å². The van der Waals surface area contributed by atoms with Gasteiger partial charge in [-0.25, -0.2) is 0 Å². The van der Waals surface area contributed by atoms with E-state index in [9.17, 15) is 24.3 Å². The maximum absolute atomic E-state index is 13.9. The van der Waals surface area contributed by atoms with Crippen molar-refractivity contribution in [2.24, 2.45) is 35.0 Å². The summed E-state index contributed by atoms with van der Waals surface area (Å²) >= 11 is 0. The predicted molar refractivity (Wildman–Crippen MR) is 228 cm³/mol. The highest BCUT2D eigenvalue weighted by molar-refractivity contribution is 6.09. The summed E-state index contributed by atoms with van der Waals surface area (Å²) < 4.78 is 7.36. The summed E-state index contributed by atoms with van der Waals surface area (Å²) in [6, 6.07) is 15.8. The Balaban J connectivity index is 0.938. The van der Waals surface area contributed by atoms with Crippen molar-refractivity contribution >= 4 is 23.4 Å². The lowest BCUT2D eigenvalue weighted by molar-refractivity contribution is -0.129. The molecule has 2 heterocycles. The largest absolute Gasteiger partial charge is 0.393 e. The minimum Gasteiger partial charge on any atom is -0.393 e. The van der Waals surface area contributed by atoms with Crippen molar-refractivity contribution in [3.63, 3.8) is 0 Å². The maximum atomic E-state index is 13.9. The zero-order valence-corrected chi connectivity index (χ0v) is 35.8. The number of carbonyl (C=O) groups is 4. The highest BCUT2D eigenvalue weighted by Gasteiger charge is 2.61. The number of aliphatic hydroxyl groups excluding tert-OH is 1. The van der Waals surface area contributed by atoms with Crippen molar-refractivity contribution in [3.8, 4) is 0 Å². The van der Waals surface area contributed by atoms with E-state index in [-0.39, 0.29) is 71.9 Å². The van der Waals surface area contributed by atoms with E-state index in [0.717, 1.165) is 57.1 Å². The first-order valence-corrected chi connectivity index (χ1v) is 22.5. The molecule has 0 radical (unpaired) electrons. The van der Waals surface area contributed by atoms with Crippen LogP contribution in [0.15, 0.2) is 77.4 Å². The molecular weight excluding hydrogens is 739 g/mol. The summed E-state index contributed by atoms with van der Waals surface area (Å²) in [6.45, 7) is 13.1. The zero-order chi connectivity index (χ0) is 41.6. The second-order valence-electron chi connectivity index (χ2n) is 19.4. The minimum atomic E-state index is -0.832. The molecule has 59 heavy (non-hydrogen) atoms. The van der Waals surface area contributed by atoms with Gasteiger partial charge in [-0.15, -0.1) is 0 Å². The van der Waals surface area contributed by atoms with Crippen LogP contribution in [0.25, 0.3) is 0 Å². The standard InChI is InChI=1S/C50H65N3O6/c1-30-25-44-46(33(4)50(59-44)22-20-39-40-17-16-37-27-38(55)19-21-49(37,5)42(40)28-41(39)32(50)3)53(29-30)24-23-51-48(58)43(52-45(56)18-11-31(2)54)26-34-12-14-36(15-13-34)47(57)35-9-7-6-8-10-35/h6-10,12-16,30,33,38-40,42-44,46,55H,11,17-29H2,1-5H3,(H,51,58)(H,52,56)/t30-,33+,38-,39-,40-,42-,43?,44+,46-,49-,50?/m0/s1. The predicted octanol–water partition coefficient (Wildman–Crippen LogP) is 7.16. The Morgan fingerprint density at radius 3 is 2.46 bits per heavy atom. The average molecular weight is 804 g/mol. The molecule has 0 bridgehead atoms. The van der Waals surface area contributed by atoms with E-state index in [0.29, 0.717) is 53.8 Å². The van der Waals surface area contributed by atoms with Gasteiger partial charge in [-0.05, 0) is 105 Å². The molecule has 3 N–H and O–H groups in total. The summed E-state index contributed by atoms with van der Waals surface area (Å²) in [7, 11) is 0. The molecule has 2 aliphatic heterocycles. The van der Waals surface area contributed by atoms with Crippen LogP contribution in [0.4, 0.5) is 0 Å². The molecule has 2 aromatic rings. The van der Waals surface area contributed by atoms with Crippen LogP contribution >= 0.6 is 0 Å². The number of carbonyl (C=O) groups excluding carboxylic acids is 4. The van der Waals surface area contributed by atoms with E-state index in [2.05, 4.69) is 49.3 Å². The maximum Gasteiger partial charge on any atom is 0.242 e. The van der Waals surface area contributed by atoms with E-state index >= 15 is 0 Å². The van der Waals surface area contributed by atoms with E-state index < -0.39 is 6.04 Å². The molecule has 2 saturated heterocycles. The van der Waals surface area contributed by atoms with E-state index in [1.807, 2.05) is 30.3 Å². The minimum absolute atomic E-state index is 0.0248. The van der Waals surface area contributed by atoms with Gasteiger partial charge < -0.3 is 25.3 Å². The first kappa shape index (κ1) is 41.8. The molecule has 316 valence electrons. The number of hydrogen-bond acceptors (Lipinski definition) is 7. The zero-order valence-electron chi connectivity index (χ0n) is 35.8. The Kier molecular flexibility index (Phi) is 11.9. The van der Waals surface area contributed by atoms with Gasteiger partial charge in [0.05, 0.1) is 17.8 Å². The molecule has 2 aromatic carbocycles.